The third-order valence-electron chi connectivity index (χ3n) is 2.56. The van der Waals surface area contributed by atoms with E-state index in [9.17, 15) is 5.11 Å². The molecule has 0 fully saturated rings. The molecule has 82 valence electrons. The lowest BCUT2D eigenvalue weighted by Crippen LogP contribution is -1.96. The Morgan fingerprint density at radius 2 is 1.69 bits per heavy atom. The van der Waals surface area contributed by atoms with E-state index in [1.807, 2.05) is 30.3 Å². The van der Waals surface area contributed by atoms with Crippen LogP contribution in [-0.4, -0.2) is 5.11 Å². The number of halogens is 1. The minimum Gasteiger partial charge on any atom is -0.389 e. The van der Waals surface area contributed by atoms with Gasteiger partial charge in [-0.2, -0.15) is 0 Å². The van der Waals surface area contributed by atoms with E-state index in [2.05, 4.69) is 40.8 Å². The van der Waals surface area contributed by atoms with E-state index < -0.39 is 6.10 Å². The van der Waals surface area contributed by atoms with Gasteiger partial charge in [-0.1, -0.05) is 48.5 Å². The van der Waals surface area contributed by atoms with Gasteiger partial charge in [0.05, 0.1) is 6.10 Å². The van der Waals surface area contributed by atoms with Crippen molar-refractivity contribution in [3.63, 3.8) is 0 Å². The number of hydrogen-bond donors (Lipinski definition) is 1. The Labute approximate surface area is 109 Å². The molecule has 0 aliphatic carbocycles. The molecule has 0 radical (unpaired) electrons. The third-order valence-corrected chi connectivity index (χ3v) is 3.77. The molecule has 1 N–H and O–H groups in total. The second kappa shape index (κ2) is 4.97. The quantitative estimate of drug-likeness (QED) is 0.828. The minimum atomic E-state index is -0.421. The predicted octanol–water partition coefficient (Wildman–Crippen LogP) is 4.01. The van der Waals surface area contributed by atoms with Gasteiger partial charge in [0.15, 0.2) is 0 Å². The average molecular weight is 324 g/mol. The first kappa shape index (κ1) is 11.6. The van der Waals surface area contributed by atoms with Gasteiger partial charge in [0.1, 0.15) is 0 Å². The molecule has 0 aliphatic heterocycles. The van der Waals surface area contributed by atoms with E-state index in [4.69, 9.17) is 0 Å². The predicted molar refractivity (Wildman–Crippen MR) is 75.2 cm³/mol. The molecule has 0 saturated carbocycles. The number of hydrogen-bond acceptors (Lipinski definition) is 1. The Morgan fingerprint density at radius 1 is 1.00 bits per heavy atom. The van der Waals surface area contributed by atoms with Gasteiger partial charge >= 0.3 is 0 Å². The molecule has 1 nitrogen and oxygen atoms in total. The molecule has 0 spiro atoms. The molecule has 0 amide bonds. The van der Waals surface area contributed by atoms with Gasteiger partial charge in [-0.3, -0.25) is 0 Å². The van der Waals surface area contributed by atoms with Crippen molar-refractivity contribution in [2.75, 3.05) is 0 Å². The monoisotopic (exact) mass is 324 g/mol. The summed E-state index contributed by atoms with van der Waals surface area (Å²) in [7, 11) is 0. The van der Waals surface area contributed by atoms with Gasteiger partial charge in [-0.15, -0.1) is 0 Å². The van der Waals surface area contributed by atoms with Crippen molar-refractivity contribution in [3.8, 4) is 11.1 Å². The first-order chi connectivity index (χ1) is 7.70. The summed E-state index contributed by atoms with van der Waals surface area (Å²) in [5.41, 5.74) is 3.36. The zero-order valence-corrected chi connectivity index (χ0v) is 11.2. The van der Waals surface area contributed by atoms with E-state index in [1.54, 1.807) is 6.92 Å². The molecule has 0 heterocycles. The molecule has 2 aromatic rings. The Balaban J connectivity index is 2.55. The molecule has 2 aromatic carbocycles. The van der Waals surface area contributed by atoms with E-state index in [0.29, 0.717) is 0 Å². The van der Waals surface area contributed by atoms with Crippen LogP contribution < -0.4 is 0 Å². The maximum absolute atomic E-state index is 9.67. The Bertz CT molecular complexity index is 477. The van der Waals surface area contributed by atoms with Crippen LogP contribution in [0, 0.1) is 3.57 Å². The molecule has 2 heteroatoms. The highest BCUT2D eigenvalue weighted by Crippen LogP contribution is 2.30. The van der Waals surface area contributed by atoms with Crippen molar-refractivity contribution in [2.45, 2.75) is 13.0 Å². The summed E-state index contributed by atoms with van der Waals surface area (Å²) in [4.78, 5) is 0. The van der Waals surface area contributed by atoms with Gasteiger partial charge in [0.2, 0.25) is 0 Å². The topological polar surface area (TPSA) is 20.2 Å². The van der Waals surface area contributed by atoms with Crippen LogP contribution in [0.2, 0.25) is 0 Å². The highest BCUT2D eigenvalue weighted by molar-refractivity contribution is 14.1. The van der Waals surface area contributed by atoms with Crippen LogP contribution in [0.4, 0.5) is 0 Å². The highest BCUT2D eigenvalue weighted by atomic mass is 127. The van der Waals surface area contributed by atoms with Crippen LogP contribution >= 0.6 is 22.6 Å². The van der Waals surface area contributed by atoms with Crippen molar-refractivity contribution in [1.29, 1.82) is 0 Å². The molecule has 0 aliphatic rings. The van der Waals surface area contributed by atoms with Crippen molar-refractivity contribution in [3.05, 3.63) is 57.7 Å². The van der Waals surface area contributed by atoms with Gasteiger partial charge in [0, 0.05) is 3.57 Å². The third kappa shape index (κ3) is 2.28. The van der Waals surface area contributed by atoms with Crippen LogP contribution in [0.1, 0.15) is 18.6 Å². The maximum atomic E-state index is 9.67. The maximum Gasteiger partial charge on any atom is 0.0772 e. The fourth-order valence-corrected chi connectivity index (χ4v) is 2.83. The van der Waals surface area contributed by atoms with Crippen molar-refractivity contribution in [2.24, 2.45) is 0 Å². The Morgan fingerprint density at radius 3 is 2.31 bits per heavy atom. The summed E-state index contributed by atoms with van der Waals surface area (Å²) in [6.45, 7) is 1.80. The number of aliphatic hydroxyl groups is 1. The fraction of sp³-hybridized carbons (Fsp3) is 0.143. The lowest BCUT2D eigenvalue weighted by Gasteiger charge is -2.12. The normalized spacial score (nSPS) is 12.4. The molecule has 1 atom stereocenters. The summed E-state index contributed by atoms with van der Waals surface area (Å²) in [6.07, 6.45) is -0.421. The van der Waals surface area contributed by atoms with Crippen LogP contribution in [0.15, 0.2) is 48.5 Å². The molecule has 0 saturated heterocycles. The summed E-state index contributed by atoms with van der Waals surface area (Å²) >= 11 is 2.30. The second-order valence-electron chi connectivity index (χ2n) is 3.75. The summed E-state index contributed by atoms with van der Waals surface area (Å²) in [5, 5.41) is 9.67. The van der Waals surface area contributed by atoms with Crippen molar-refractivity contribution in [1.82, 2.24) is 0 Å². The molecule has 16 heavy (non-hydrogen) atoms. The van der Waals surface area contributed by atoms with Crippen LogP contribution in [-0.2, 0) is 0 Å². The van der Waals surface area contributed by atoms with Gasteiger partial charge < -0.3 is 5.11 Å². The largest absolute Gasteiger partial charge is 0.389 e. The van der Waals surface area contributed by atoms with E-state index in [0.717, 1.165) is 9.13 Å². The number of rotatable bonds is 2. The lowest BCUT2D eigenvalue weighted by atomic mass is 10.0. The van der Waals surface area contributed by atoms with E-state index >= 15 is 0 Å². The average Bonchev–Trinajstić information content (AvgIpc) is 2.30. The molecular formula is C14H13IO. The summed E-state index contributed by atoms with van der Waals surface area (Å²) in [6, 6.07) is 16.3. The molecule has 2 rings (SSSR count). The van der Waals surface area contributed by atoms with E-state index in [-0.39, 0.29) is 0 Å². The number of benzene rings is 2. The zero-order chi connectivity index (χ0) is 11.5. The standard InChI is InChI=1S/C14H13IO/c1-10(16)12-8-5-9-13(14(12)15)11-6-3-2-4-7-11/h2-10,16H,1H3/t10-/m0/s1. The molecule has 0 bridgehead atoms. The minimum absolute atomic E-state index is 0.421. The smallest absolute Gasteiger partial charge is 0.0772 e. The molecular weight excluding hydrogens is 311 g/mol. The van der Waals surface area contributed by atoms with Gasteiger partial charge in [-0.05, 0) is 46.2 Å². The summed E-state index contributed by atoms with van der Waals surface area (Å²) in [5.74, 6) is 0. The SMILES string of the molecule is C[C@H](O)c1cccc(-c2ccccc2)c1I. The summed E-state index contributed by atoms with van der Waals surface area (Å²) < 4.78 is 1.13. The fourth-order valence-electron chi connectivity index (χ4n) is 1.71. The van der Waals surface area contributed by atoms with E-state index in [1.165, 1.54) is 11.1 Å². The van der Waals surface area contributed by atoms with Crippen LogP contribution in [0.3, 0.4) is 0 Å². The molecule has 0 aromatic heterocycles. The van der Waals surface area contributed by atoms with Crippen LogP contribution in [0.25, 0.3) is 11.1 Å². The van der Waals surface area contributed by atoms with Crippen molar-refractivity contribution < 1.29 is 5.11 Å². The van der Waals surface area contributed by atoms with Crippen molar-refractivity contribution >= 4 is 22.6 Å². The molecule has 0 unspecified atom stereocenters. The van der Waals surface area contributed by atoms with Crippen LogP contribution in [0.5, 0.6) is 0 Å². The highest BCUT2D eigenvalue weighted by Gasteiger charge is 2.10. The zero-order valence-electron chi connectivity index (χ0n) is 9.02. The van der Waals surface area contributed by atoms with Gasteiger partial charge in [0.25, 0.3) is 0 Å². The second-order valence-corrected chi connectivity index (χ2v) is 4.83. The first-order valence-electron chi connectivity index (χ1n) is 5.22. The Kier molecular flexibility index (Phi) is 3.61. The Hall–Kier alpha value is -0.870. The first-order valence-corrected chi connectivity index (χ1v) is 6.30. The lowest BCUT2D eigenvalue weighted by molar-refractivity contribution is 0.198. The van der Waals surface area contributed by atoms with Gasteiger partial charge in [-0.25, -0.2) is 0 Å². The number of aliphatic hydroxyl groups excluding tert-OH is 1.